The molecule has 0 aliphatic heterocycles. The van der Waals surface area contributed by atoms with Crippen LogP contribution in [0.1, 0.15) is 77.1 Å². The maximum Gasteiger partial charge on any atom is 0.405 e. The zero-order chi connectivity index (χ0) is 26.3. The van der Waals surface area contributed by atoms with E-state index in [9.17, 15) is 14.4 Å². The highest BCUT2D eigenvalue weighted by molar-refractivity contribution is 7.99. The average Bonchev–Trinajstić information content (AvgIpc) is 3.15. The van der Waals surface area contributed by atoms with E-state index in [2.05, 4.69) is 29.6 Å². The van der Waals surface area contributed by atoms with Gasteiger partial charge in [0.05, 0.1) is 17.2 Å². The summed E-state index contributed by atoms with van der Waals surface area (Å²) in [6.45, 7) is 10.3. The van der Waals surface area contributed by atoms with Crippen LogP contribution in [0.4, 0.5) is 4.79 Å². The van der Waals surface area contributed by atoms with E-state index in [0.717, 1.165) is 37.1 Å². The van der Waals surface area contributed by atoms with Crippen LogP contribution in [0.5, 0.6) is 0 Å². The van der Waals surface area contributed by atoms with Crippen molar-refractivity contribution in [3.05, 3.63) is 17.8 Å². The summed E-state index contributed by atoms with van der Waals surface area (Å²) in [7, 11) is 0. The predicted molar refractivity (Wildman–Crippen MR) is 139 cm³/mol. The summed E-state index contributed by atoms with van der Waals surface area (Å²) >= 11 is 1.57. The molecule has 5 rings (SSSR count). The lowest BCUT2D eigenvalue weighted by atomic mass is 9.52. The third kappa shape index (κ3) is 5.43. The summed E-state index contributed by atoms with van der Waals surface area (Å²) in [6, 6.07) is 0.0473. The van der Waals surface area contributed by atoms with Crippen molar-refractivity contribution in [2.45, 2.75) is 88.6 Å². The fraction of sp³-hybridized carbons (Fsp3) is 0.692. The Morgan fingerprint density at radius 2 is 1.94 bits per heavy atom. The van der Waals surface area contributed by atoms with Crippen LogP contribution in [-0.4, -0.2) is 51.1 Å². The van der Waals surface area contributed by atoms with Crippen LogP contribution in [0, 0.1) is 23.2 Å². The van der Waals surface area contributed by atoms with Crippen LogP contribution in [-0.2, 0) is 9.53 Å². The molecule has 1 aromatic heterocycles. The van der Waals surface area contributed by atoms with Gasteiger partial charge in [0.1, 0.15) is 10.6 Å². The van der Waals surface area contributed by atoms with Gasteiger partial charge >= 0.3 is 6.09 Å². The van der Waals surface area contributed by atoms with Crippen LogP contribution in [0.3, 0.4) is 0 Å². The highest BCUT2D eigenvalue weighted by Crippen LogP contribution is 2.57. The Morgan fingerprint density at radius 1 is 1.28 bits per heavy atom. The third-order valence-corrected chi connectivity index (χ3v) is 8.83. The molecule has 4 bridgehead atoms. The van der Waals surface area contributed by atoms with Crippen molar-refractivity contribution in [1.29, 1.82) is 0 Å². The summed E-state index contributed by atoms with van der Waals surface area (Å²) < 4.78 is 7.30. The Hall–Kier alpha value is -2.49. The first kappa shape index (κ1) is 26.6. The lowest BCUT2D eigenvalue weighted by Crippen LogP contribution is -2.63. The van der Waals surface area contributed by atoms with E-state index < -0.39 is 17.1 Å². The number of aromatic nitrogens is 2. The number of nitrogens with zero attached hydrogens (tertiary/aromatic N) is 2. The zero-order valence-electron chi connectivity index (χ0n) is 21.9. The molecular formula is C26H39N5O4S. The van der Waals surface area contributed by atoms with Crippen molar-refractivity contribution in [2.75, 3.05) is 6.54 Å². The van der Waals surface area contributed by atoms with Gasteiger partial charge in [0, 0.05) is 24.0 Å². The van der Waals surface area contributed by atoms with Crippen molar-refractivity contribution >= 4 is 35.9 Å². The first-order valence-corrected chi connectivity index (χ1v) is 13.8. The number of nitrogens with two attached hydrogens (primary N) is 1. The molecular weight excluding hydrogens is 478 g/mol. The Bertz CT molecular complexity index is 1030. The maximum atomic E-state index is 13.5. The van der Waals surface area contributed by atoms with E-state index in [1.807, 2.05) is 26.8 Å². The van der Waals surface area contributed by atoms with Gasteiger partial charge in [0.2, 0.25) is 5.91 Å². The molecule has 4 N–H and O–H groups in total. The highest BCUT2D eigenvalue weighted by Gasteiger charge is 2.57. The second kappa shape index (κ2) is 10.1. The van der Waals surface area contributed by atoms with Gasteiger partial charge in [0.25, 0.3) is 5.91 Å². The lowest BCUT2D eigenvalue weighted by Gasteiger charge is -2.58. The van der Waals surface area contributed by atoms with E-state index in [4.69, 9.17) is 10.5 Å². The number of amides is 3. The molecule has 0 radical (unpaired) electrons. The number of carbonyl (C=O) groups is 3. The molecule has 36 heavy (non-hydrogen) atoms. The number of hydrogen-bond acceptors (Lipinski definition) is 6. The predicted octanol–water partition coefficient (Wildman–Crippen LogP) is 3.79. The SMILES string of the molecule is CCNC(=O)C(C)(C)/C=C/n1ncc(C(=O)N[C@H]2C3CC4CC2C[C@](OC(N)=O)(C4)C3)c1SC(C)C. The number of rotatable bonds is 9. The van der Waals surface area contributed by atoms with E-state index in [1.54, 1.807) is 28.8 Å². The highest BCUT2D eigenvalue weighted by atomic mass is 32.2. The minimum absolute atomic E-state index is 0.0473. The molecule has 1 aromatic rings. The molecule has 4 aliphatic rings. The molecule has 4 aliphatic carbocycles. The summed E-state index contributed by atoms with van der Waals surface area (Å²) in [4.78, 5) is 37.5. The molecule has 10 heteroatoms. The molecule has 4 fully saturated rings. The van der Waals surface area contributed by atoms with Gasteiger partial charge in [-0.1, -0.05) is 19.9 Å². The summed E-state index contributed by atoms with van der Waals surface area (Å²) in [5.41, 5.74) is 4.73. The molecule has 0 saturated heterocycles. The van der Waals surface area contributed by atoms with E-state index in [1.165, 1.54) is 0 Å². The molecule has 2 unspecified atom stereocenters. The van der Waals surface area contributed by atoms with Gasteiger partial charge in [-0.15, -0.1) is 11.8 Å². The lowest BCUT2D eigenvalue weighted by molar-refractivity contribution is -0.137. The molecule has 198 valence electrons. The van der Waals surface area contributed by atoms with Crippen molar-refractivity contribution in [3.8, 4) is 0 Å². The number of primary amides is 1. The van der Waals surface area contributed by atoms with E-state index in [-0.39, 0.29) is 34.9 Å². The summed E-state index contributed by atoms with van der Waals surface area (Å²) in [5.74, 6) is 0.859. The maximum absolute atomic E-state index is 13.5. The zero-order valence-corrected chi connectivity index (χ0v) is 22.7. The molecule has 9 nitrogen and oxygen atoms in total. The number of thioether (sulfide) groups is 1. The molecule has 4 saturated carbocycles. The minimum atomic E-state index is -0.715. The van der Waals surface area contributed by atoms with Gasteiger partial charge in [-0.3, -0.25) is 9.59 Å². The Balaban J connectivity index is 1.52. The van der Waals surface area contributed by atoms with Gasteiger partial charge in [0.15, 0.2) is 0 Å². The van der Waals surface area contributed by atoms with E-state index in [0.29, 0.717) is 18.0 Å². The van der Waals surface area contributed by atoms with Gasteiger partial charge in [-0.25, -0.2) is 9.48 Å². The van der Waals surface area contributed by atoms with Crippen LogP contribution < -0.4 is 16.4 Å². The molecule has 3 amide bonds. The molecule has 0 spiro atoms. The first-order chi connectivity index (χ1) is 16.9. The Kier molecular flexibility index (Phi) is 7.46. The number of ether oxygens (including phenoxy) is 1. The Morgan fingerprint density at radius 3 is 2.53 bits per heavy atom. The minimum Gasteiger partial charge on any atom is -0.443 e. The standard InChI is InChI=1S/C26H39N5O4S/c1-6-28-23(33)25(4,5)7-8-31-22(36-15(2)3)19(14-29-31)21(32)30-20-17-9-16-10-18(20)13-26(11-16,12-17)35-24(27)34/h7-8,14-18,20H,6,9-13H2,1-5H3,(H2,27,34)(H,28,33)(H,30,32)/b8-7+/t16?,17?,18?,20-,26-. The molecule has 2 atom stereocenters. The van der Waals surface area contributed by atoms with E-state index >= 15 is 0 Å². The normalized spacial score (nSPS) is 29.1. The smallest absolute Gasteiger partial charge is 0.405 e. The molecule has 1 heterocycles. The number of carbonyl (C=O) groups excluding carboxylic acids is 3. The van der Waals surface area contributed by atoms with Gasteiger partial charge < -0.3 is 21.1 Å². The largest absolute Gasteiger partial charge is 0.443 e. The van der Waals surface area contributed by atoms with Crippen molar-refractivity contribution < 1.29 is 19.1 Å². The Labute approximate surface area is 217 Å². The first-order valence-electron chi connectivity index (χ1n) is 12.9. The van der Waals surface area contributed by atoms with Crippen molar-refractivity contribution in [1.82, 2.24) is 20.4 Å². The summed E-state index contributed by atoms with van der Waals surface area (Å²) in [6.07, 6.45) is 8.94. The summed E-state index contributed by atoms with van der Waals surface area (Å²) in [5, 5.41) is 11.6. The third-order valence-electron chi connectivity index (χ3n) is 7.73. The van der Waals surface area contributed by atoms with Gasteiger partial charge in [-0.2, -0.15) is 5.10 Å². The van der Waals surface area contributed by atoms with Gasteiger partial charge in [-0.05, 0) is 70.6 Å². The van der Waals surface area contributed by atoms with Crippen molar-refractivity contribution in [3.63, 3.8) is 0 Å². The van der Waals surface area contributed by atoms with Crippen LogP contribution in [0.15, 0.2) is 17.3 Å². The molecule has 0 aromatic carbocycles. The van der Waals surface area contributed by atoms with Crippen LogP contribution in [0.2, 0.25) is 0 Å². The second-order valence-electron chi connectivity index (χ2n) is 11.4. The average molecular weight is 518 g/mol. The fourth-order valence-corrected chi connectivity index (χ4v) is 7.36. The van der Waals surface area contributed by atoms with Crippen LogP contribution >= 0.6 is 11.8 Å². The fourth-order valence-electron chi connectivity index (χ4n) is 6.43. The monoisotopic (exact) mass is 517 g/mol. The second-order valence-corrected chi connectivity index (χ2v) is 13.0. The number of nitrogens with one attached hydrogen (secondary N) is 2. The van der Waals surface area contributed by atoms with Crippen molar-refractivity contribution in [2.24, 2.45) is 28.9 Å². The quantitative estimate of drug-likeness (QED) is 0.428. The number of hydrogen-bond donors (Lipinski definition) is 3. The van der Waals surface area contributed by atoms with Crippen LogP contribution in [0.25, 0.3) is 6.20 Å². The topological polar surface area (TPSA) is 128 Å².